The van der Waals surface area contributed by atoms with Gasteiger partial charge in [-0.05, 0) is 45.1 Å². The Balaban J connectivity index is 2.58. The van der Waals surface area contributed by atoms with Crippen molar-refractivity contribution in [3.63, 3.8) is 0 Å². The molecule has 1 rings (SSSR count). The van der Waals surface area contributed by atoms with Crippen LogP contribution in [0, 0.1) is 0 Å². The number of aromatic nitrogens is 1. The van der Waals surface area contributed by atoms with Crippen molar-refractivity contribution < 1.29 is 23.2 Å². The molecule has 1 heterocycles. The molecule has 1 aromatic heterocycles. The van der Waals surface area contributed by atoms with Crippen LogP contribution in [-0.4, -0.2) is 50.4 Å². The third-order valence-corrected chi connectivity index (χ3v) is 7.20. The largest absolute Gasteiger partial charge is 0.500 e. The van der Waals surface area contributed by atoms with Gasteiger partial charge in [-0.15, -0.1) is 11.8 Å². The maximum atomic E-state index is 11.2. The van der Waals surface area contributed by atoms with Gasteiger partial charge in [0.2, 0.25) is 0 Å². The van der Waals surface area contributed by atoms with Gasteiger partial charge in [0.05, 0.1) is 5.56 Å². The Bertz CT molecular complexity index is 472. The van der Waals surface area contributed by atoms with Gasteiger partial charge in [-0.1, -0.05) is 0 Å². The number of carbonyl (C=O) groups is 1. The Morgan fingerprint density at radius 2 is 1.83 bits per heavy atom. The van der Waals surface area contributed by atoms with Crippen LogP contribution >= 0.6 is 11.8 Å². The summed E-state index contributed by atoms with van der Waals surface area (Å²) >= 11 is 1.43. The van der Waals surface area contributed by atoms with Crippen molar-refractivity contribution in [2.75, 3.05) is 25.6 Å². The molecule has 1 aromatic rings. The van der Waals surface area contributed by atoms with Crippen molar-refractivity contribution in [3.8, 4) is 0 Å². The highest BCUT2D eigenvalue weighted by atomic mass is 32.2. The number of nitrogens with zero attached hydrogens (tertiary/aromatic N) is 1. The van der Waals surface area contributed by atoms with Gasteiger partial charge < -0.3 is 18.4 Å². The van der Waals surface area contributed by atoms with Gasteiger partial charge in [0, 0.05) is 32.1 Å². The fourth-order valence-electron chi connectivity index (χ4n) is 2.13. The number of hydrogen-bond donors (Lipinski definition) is 1. The van der Waals surface area contributed by atoms with E-state index in [0.29, 0.717) is 30.9 Å². The van der Waals surface area contributed by atoms with Gasteiger partial charge in [-0.25, -0.2) is 9.78 Å². The summed E-state index contributed by atoms with van der Waals surface area (Å²) in [4.78, 5) is 15.3. The molecule has 6 nitrogen and oxygen atoms in total. The maximum Gasteiger partial charge on any atom is 0.500 e. The van der Waals surface area contributed by atoms with Crippen LogP contribution in [0.25, 0.3) is 0 Å². The molecule has 0 spiro atoms. The molecule has 0 aliphatic carbocycles. The maximum absolute atomic E-state index is 11.2. The summed E-state index contributed by atoms with van der Waals surface area (Å²) in [5.41, 5.74) is 0.237. The molecular weight excluding hydrogens is 334 g/mol. The van der Waals surface area contributed by atoms with Gasteiger partial charge in [0.25, 0.3) is 0 Å². The van der Waals surface area contributed by atoms with Gasteiger partial charge in [0.1, 0.15) is 5.03 Å². The number of pyridine rings is 1. The summed E-state index contributed by atoms with van der Waals surface area (Å²) in [7, 11) is -2.62. The van der Waals surface area contributed by atoms with Crippen LogP contribution in [0.1, 0.15) is 37.6 Å². The minimum absolute atomic E-state index is 0.237. The van der Waals surface area contributed by atoms with Crippen LogP contribution in [-0.2, 0) is 13.3 Å². The first-order chi connectivity index (χ1) is 11.1. The van der Waals surface area contributed by atoms with Gasteiger partial charge in [-0.3, -0.25) is 0 Å². The van der Waals surface area contributed by atoms with E-state index in [-0.39, 0.29) is 5.56 Å². The number of carboxylic acids is 1. The fraction of sp³-hybridized carbons (Fsp3) is 0.600. The van der Waals surface area contributed by atoms with E-state index in [1.807, 2.05) is 20.8 Å². The van der Waals surface area contributed by atoms with Crippen LogP contribution in [0.15, 0.2) is 23.4 Å². The molecular formula is C15H25NO5SSi. The highest BCUT2D eigenvalue weighted by Crippen LogP contribution is 2.24. The van der Waals surface area contributed by atoms with Crippen molar-refractivity contribution in [1.82, 2.24) is 4.98 Å². The number of rotatable bonds is 12. The summed E-state index contributed by atoms with van der Waals surface area (Å²) in [6, 6.07) is 3.91. The van der Waals surface area contributed by atoms with E-state index in [1.165, 1.54) is 11.8 Å². The van der Waals surface area contributed by atoms with Gasteiger partial charge in [0.15, 0.2) is 0 Å². The van der Waals surface area contributed by atoms with Crippen molar-refractivity contribution in [2.24, 2.45) is 0 Å². The molecule has 0 saturated heterocycles. The van der Waals surface area contributed by atoms with Crippen LogP contribution in [0.2, 0.25) is 6.04 Å². The predicted molar refractivity (Wildman–Crippen MR) is 92.0 cm³/mol. The second kappa shape index (κ2) is 10.8. The van der Waals surface area contributed by atoms with Crippen molar-refractivity contribution in [2.45, 2.75) is 38.3 Å². The van der Waals surface area contributed by atoms with E-state index < -0.39 is 14.8 Å². The summed E-state index contributed by atoms with van der Waals surface area (Å²) < 4.78 is 17.4. The quantitative estimate of drug-likeness (QED) is 0.348. The normalized spacial score (nSPS) is 11.6. The van der Waals surface area contributed by atoms with E-state index in [0.717, 1.165) is 12.2 Å². The number of aromatic carboxylic acids is 1. The SMILES string of the molecule is CCO[Si](CCCSc1ncccc1C(=O)O)(OCC)OCC. The minimum atomic E-state index is -2.62. The lowest BCUT2D eigenvalue weighted by molar-refractivity contribution is 0.0688. The highest BCUT2D eigenvalue weighted by Gasteiger charge is 2.39. The number of carboxylic acid groups (broad SMARTS) is 1. The Kier molecular flexibility index (Phi) is 9.42. The molecule has 0 aromatic carbocycles. The third kappa shape index (κ3) is 6.60. The molecule has 0 bridgehead atoms. The molecule has 1 N–H and O–H groups in total. The Morgan fingerprint density at radius 3 is 2.35 bits per heavy atom. The van der Waals surface area contributed by atoms with Crippen LogP contribution in [0.5, 0.6) is 0 Å². The van der Waals surface area contributed by atoms with Crippen LogP contribution < -0.4 is 0 Å². The topological polar surface area (TPSA) is 77.9 Å². The Labute approximate surface area is 142 Å². The summed E-state index contributed by atoms with van der Waals surface area (Å²) in [5, 5.41) is 9.69. The molecule has 0 saturated carbocycles. The van der Waals surface area contributed by atoms with Crippen molar-refractivity contribution >= 4 is 26.5 Å². The van der Waals surface area contributed by atoms with E-state index in [2.05, 4.69) is 4.98 Å². The molecule has 0 aliphatic rings. The van der Waals surface area contributed by atoms with E-state index in [9.17, 15) is 4.79 Å². The van der Waals surface area contributed by atoms with E-state index in [4.69, 9.17) is 18.4 Å². The lowest BCUT2D eigenvalue weighted by Crippen LogP contribution is -2.46. The molecule has 0 fully saturated rings. The summed E-state index contributed by atoms with van der Waals surface area (Å²) in [6.45, 7) is 7.47. The highest BCUT2D eigenvalue weighted by molar-refractivity contribution is 7.99. The van der Waals surface area contributed by atoms with Crippen LogP contribution in [0.4, 0.5) is 0 Å². The lowest BCUT2D eigenvalue weighted by Gasteiger charge is -2.28. The first-order valence-corrected chi connectivity index (χ1v) is 10.7. The second-order valence-electron chi connectivity index (χ2n) is 4.60. The zero-order chi connectivity index (χ0) is 17.1. The first-order valence-electron chi connectivity index (χ1n) is 7.81. The zero-order valence-electron chi connectivity index (χ0n) is 13.9. The summed E-state index contributed by atoms with van der Waals surface area (Å²) in [6.07, 6.45) is 2.42. The van der Waals surface area contributed by atoms with Gasteiger partial charge in [-0.2, -0.15) is 0 Å². The average Bonchev–Trinajstić information content (AvgIpc) is 2.52. The molecule has 0 amide bonds. The Morgan fingerprint density at radius 1 is 1.22 bits per heavy atom. The number of thioether (sulfide) groups is 1. The smallest absolute Gasteiger partial charge is 0.478 e. The molecule has 0 atom stereocenters. The van der Waals surface area contributed by atoms with E-state index in [1.54, 1.807) is 18.3 Å². The molecule has 8 heteroatoms. The zero-order valence-corrected chi connectivity index (χ0v) is 15.7. The minimum Gasteiger partial charge on any atom is -0.478 e. The molecule has 0 radical (unpaired) electrons. The monoisotopic (exact) mass is 359 g/mol. The van der Waals surface area contributed by atoms with Crippen molar-refractivity contribution in [3.05, 3.63) is 23.9 Å². The third-order valence-electron chi connectivity index (χ3n) is 2.96. The van der Waals surface area contributed by atoms with Gasteiger partial charge >= 0.3 is 14.8 Å². The molecule has 23 heavy (non-hydrogen) atoms. The fourth-order valence-corrected chi connectivity index (χ4v) is 5.92. The summed E-state index contributed by atoms with van der Waals surface area (Å²) in [5.74, 6) is -0.221. The molecule has 0 aliphatic heterocycles. The Hall–Kier alpha value is -0.933. The number of hydrogen-bond acceptors (Lipinski definition) is 6. The first kappa shape index (κ1) is 20.1. The molecule has 130 valence electrons. The molecule has 0 unspecified atom stereocenters. The van der Waals surface area contributed by atoms with Crippen LogP contribution in [0.3, 0.4) is 0 Å². The predicted octanol–water partition coefficient (Wildman–Crippen LogP) is 3.31. The standard InChI is InChI=1S/C15H25NO5SSi/c1-4-19-23(20-5-2,21-6-3)12-8-11-22-14-13(15(17)18)9-7-10-16-14/h7,9-10H,4-6,8,11-12H2,1-3H3,(H,17,18). The lowest BCUT2D eigenvalue weighted by atomic mass is 10.3. The average molecular weight is 360 g/mol. The van der Waals surface area contributed by atoms with E-state index >= 15 is 0 Å². The van der Waals surface area contributed by atoms with Crippen molar-refractivity contribution in [1.29, 1.82) is 0 Å². The second-order valence-corrected chi connectivity index (χ2v) is 8.41.